The number of hydrogen-bond donors (Lipinski definition) is 1. The SMILES string of the molecule is O=C(C(O)Cc1ccccc1)N1CCOC1. The van der Waals surface area contributed by atoms with Gasteiger partial charge in [-0.05, 0) is 5.56 Å². The van der Waals surface area contributed by atoms with Crippen LogP contribution in [0.1, 0.15) is 5.56 Å². The van der Waals surface area contributed by atoms with Crippen molar-refractivity contribution >= 4 is 5.91 Å². The molecule has 0 radical (unpaired) electrons. The number of amides is 1. The Hall–Kier alpha value is -1.39. The van der Waals surface area contributed by atoms with E-state index >= 15 is 0 Å². The molecule has 0 saturated carbocycles. The molecule has 1 atom stereocenters. The molecule has 1 amide bonds. The molecule has 4 heteroatoms. The first-order valence-corrected chi connectivity index (χ1v) is 5.36. The molecular weight excluding hydrogens is 206 g/mol. The first-order chi connectivity index (χ1) is 7.77. The van der Waals surface area contributed by atoms with Crippen LogP contribution in [0.15, 0.2) is 30.3 Å². The number of carbonyl (C=O) groups excluding carboxylic acids is 1. The molecule has 1 aromatic carbocycles. The van der Waals surface area contributed by atoms with Gasteiger partial charge in [-0.15, -0.1) is 0 Å². The van der Waals surface area contributed by atoms with E-state index in [2.05, 4.69) is 0 Å². The zero-order chi connectivity index (χ0) is 11.4. The van der Waals surface area contributed by atoms with Crippen molar-refractivity contribution in [3.8, 4) is 0 Å². The molecule has 0 spiro atoms. The highest BCUT2D eigenvalue weighted by molar-refractivity contribution is 5.81. The zero-order valence-corrected chi connectivity index (χ0v) is 9.00. The monoisotopic (exact) mass is 221 g/mol. The van der Waals surface area contributed by atoms with Gasteiger partial charge in [0.05, 0.1) is 6.61 Å². The predicted molar refractivity (Wildman–Crippen MR) is 58.7 cm³/mol. The number of benzene rings is 1. The van der Waals surface area contributed by atoms with E-state index in [0.29, 0.717) is 26.3 Å². The van der Waals surface area contributed by atoms with Gasteiger partial charge in [0.2, 0.25) is 0 Å². The van der Waals surface area contributed by atoms with E-state index in [9.17, 15) is 9.90 Å². The number of carbonyl (C=O) groups is 1. The molecular formula is C12H15NO3. The fourth-order valence-electron chi connectivity index (χ4n) is 1.72. The molecule has 1 fully saturated rings. The van der Waals surface area contributed by atoms with Crippen LogP contribution in [0.3, 0.4) is 0 Å². The van der Waals surface area contributed by atoms with Crippen molar-refractivity contribution < 1.29 is 14.6 Å². The third-order valence-corrected chi connectivity index (χ3v) is 2.62. The molecule has 4 nitrogen and oxygen atoms in total. The molecule has 0 bridgehead atoms. The number of hydrogen-bond acceptors (Lipinski definition) is 3. The Morgan fingerprint density at radius 2 is 2.19 bits per heavy atom. The normalized spacial score (nSPS) is 17.4. The fraction of sp³-hybridized carbons (Fsp3) is 0.417. The van der Waals surface area contributed by atoms with E-state index in [1.165, 1.54) is 4.90 Å². The van der Waals surface area contributed by atoms with Gasteiger partial charge in [0.25, 0.3) is 5.91 Å². The first-order valence-electron chi connectivity index (χ1n) is 5.36. The Balaban J connectivity index is 1.92. The highest BCUT2D eigenvalue weighted by atomic mass is 16.5. The predicted octanol–water partition coefficient (Wildman–Crippen LogP) is 0.406. The van der Waals surface area contributed by atoms with Gasteiger partial charge in [0, 0.05) is 13.0 Å². The quantitative estimate of drug-likeness (QED) is 0.804. The second-order valence-electron chi connectivity index (χ2n) is 3.84. The maximum atomic E-state index is 11.7. The molecule has 0 aliphatic carbocycles. The third-order valence-electron chi connectivity index (χ3n) is 2.62. The molecule has 86 valence electrons. The van der Waals surface area contributed by atoms with E-state index in [-0.39, 0.29) is 5.91 Å². The van der Waals surface area contributed by atoms with Crippen LogP contribution in [0.25, 0.3) is 0 Å². The average Bonchev–Trinajstić information content (AvgIpc) is 2.83. The Morgan fingerprint density at radius 3 is 2.81 bits per heavy atom. The Labute approximate surface area is 94.4 Å². The molecule has 1 heterocycles. The van der Waals surface area contributed by atoms with Crippen molar-refractivity contribution in [3.05, 3.63) is 35.9 Å². The van der Waals surface area contributed by atoms with E-state index in [1.807, 2.05) is 30.3 Å². The molecule has 1 unspecified atom stereocenters. The van der Waals surface area contributed by atoms with Gasteiger partial charge in [-0.2, -0.15) is 0 Å². The maximum Gasteiger partial charge on any atom is 0.253 e. The summed E-state index contributed by atoms with van der Waals surface area (Å²) in [6, 6.07) is 9.50. The standard InChI is InChI=1S/C12H15NO3/c14-11(8-10-4-2-1-3-5-10)12(15)13-6-7-16-9-13/h1-5,11,14H,6-9H2. The third kappa shape index (κ3) is 2.59. The topological polar surface area (TPSA) is 49.8 Å². The summed E-state index contributed by atoms with van der Waals surface area (Å²) in [5.74, 6) is -0.249. The van der Waals surface area contributed by atoms with Crippen LogP contribution in [0.2, 0.25) is 0 Å². The van der Waals surface area contributed by atoms with E-state index in [4.69, 9.17) is 4.74 Å². The van der Waals surface area contributed by atoms with E-state index in [0.717, 1.165) is 5.56 Å². The van der Waals surface area contributed by atoms with Crippen molar-refractivity contribution in [3.63, 3.8) is 0 Å². The molecule has 1 saturated heterocycles. The lowest BCUT2D eigenvalue weighted by Gasteiger charge is -2.17. The molecule has 2 rings (SSSR count). The first kappa shape index (κ1) is 11.1. The number of aliphatic hydroxyl groups is 1. The maximum absolute atomic E-state index is 11.7. The summed E-state index contributed by atoms with van der Waals surface area (Å²) in [7, 11) is 0. The van der Waals surface area contributed by atoms with Gasteiger partial charge in [0.15, 0.2) is 0 Å². The second-order valence-corrected chi connectivity index (χ2v) is 3.84. The minimum absolute atomic E-state index is 0.249. The molecule has 0 aromatic heterocycles. The summed E-state index contributed by atoms with van der Waals surface area (Å²) in [4.78, 5) is 13.3. The summed E-state index contributed by atoms with van der Waals surface area (Å²) in [6.07, 6.45) is -0.611. The summed E-state index contributed by atoms with van der Waals surface area (Å²) >= 11 is 0. The van der Waals surface area contributed by atoms with Crippen LogP contribution >= 0.6 is 0 Å². The summed E-state index contributed by atoms with van der Waals surface area (Å²) in [5.41, 5.74) is 0.962. The molecule has 16 heavy (non-hydrogen) atoms. The van der Waals surface area contributed by atoms with Crippen LogP contribution in [0, 0.1) is 0 Å². The molecule has 1 aromatic rings. The lowest BCUT2D eigenvalue weighted by Crippen LogP contribution is -2.38. The number of rotatable bonds is 3. The Kier molecular flexibility index (Phi) is 3.54. The molecule has 1 aliphatic heterocycles. The van der Waals surface area contributed by atoms with Crippen LogP contribution in [0.5, 0.6) is 0 Å². The van der Waals surface area contributed by atoms with Crippen molar-refractivity contribution in [1.29, 1.82) is 0 Å². The summed E-state index contributed by atoms with van der Waals surface area (Å²) in [6.45, 7) is 1.43. The van der Waals surface area contributed by atoms with E-state index < -0.39 is 6.10 Å². The highest BCUT2D eigenvalue weighted by Crippen LogP contribution is 2.08. The van der Waals surface area contributed by atoms with Gasteiger partial charge < -0.3 is 14.7 Å². The molecule has 1 N–H and O–H groups in total. The minimum atomic E-state index is -0.968. The van der Waals surface area contributed by atoms with Crippen LogP contribution in [-0.4, -0.2) is 41.9 Å². The number of nitrogens with zero attached hydrogens (tertiary/aromatic N) is 1. The molecule has 1 aliphatic rings. The fourth-order valence-corrected chi connectivity index (χ4v) is 1.72. The largest absolute Gasteiger partial charge is 0.383 e. The Morgan fingerprint density at radius 1 is 1.44 bits per heavy atom. The second kappa shape index (κ2) is 5.09. The number of ether oxygens (including phenoxy) is 1. The summed E-state index contributed by atoms with van der Waals surface area (Å²) < 4.78 is 5.07. The van der Waals surface area contributed by atoms with Gasteiger partial charge in [0.1, 0.15) is 12.8 Å². The van der Waals surface area contributed by atoms with Gasteiger partial charge in [-0.3, -0.25) is 4.79 Å². The zero-order valence-electron chi connectivity index (χ0n) is 9.00. The van der Waals surface area contributed by atoms with Gasteiger partial charge >= 0.3 is 0 Å². The van der Waals surface area contributed by atoms with Crippen molar-refractivity contribution in [1.82, 2.24) is 4.90 Å². The van der Waals surface area contributed by atoms with Crippen molar-refractivity contribution in [2.75, 3.05) is 19.9 Å². The van der Waals surface area contributed by atoms with Crippen molar-refractivity contribution in [2.24, 2.45) is 0 Å². The smallest absolute Gasteiger partial charge is 0.253 e. The lowest BCUT2D eigenvalue weighted by atomic mass is 10.1. The number of aliphatic hydroxyl groups excluding tert-OH is 1. The highest BCUT2D eigenvalue weighted by Gasteiger charge is 2.25. The van der Waals surface area contributed by atoms with Crippen LogP contribution < -0.4 is 0 Å². The van der Waals surface area contributed by atoms with E-state index in [1.54, 1.807) is 0 Å². The lowest BCUT2D eigenvalue weighted by molar-refractivity contribution is -0.140. The van der Waals surface area contributed by atoms with Crippen LogP contribution in [0.4, 0.5) is 0 Å². The Bertz CT molecular complexity index is 347. The average molecular weight is 221 g/mol. The van der Waals surface area contributed by atoms with Gasteiger partial charge in [-0.1, -0.05) is 30.3 Å². The van der Waals surface area contributed by atoms with Crippen LogP contribution in [-0.2, 0) is 16.0 Å². The minimum Gasteiger partial charge on any atom is -0.383 e. The van der Waals surface area contributed by atoms with Crippen molar-refractivity contribution in [2.45, 2.75) is 12.5 Å². The van der Waals surface area contributed by atoms with Gasteiger partial charge in [-0.25, -0.2) is 0 Å². The summed E-state index contributed by atoms with van der Waals surface area (Å²) in [5, 5.41) is 9.78.